The van der Waals surface area contributed by atoms with Crippen LogP contribution in [0.25, 0.3) is 5.82 Å². The topological polar surface area (TPSA) is 42.5 Å². The Hall–Kier alpha value is -1.84. The lowest BCUT2D eigenvalue weighted by Gasteiger charge is -1.90. The lowest BCUT2D eigenvalue weighted by molar-refractivity contribution is -0.600. The third kappa shape index (κ3) is 1.27. The quantitative estimate of drug-likeness (QED) is 0.556. The Kier molecular flexibility index (Phi) is 1.74. The monoisotopic (exact) mass is 159 g/mol. The highest BCUT2D eigenvalue weighted by Gasteiger charge is 2.03. The molecule has 0 N–H and O–H groups in total. The van der Waals surface area contributed by atoms with Crippen molar-refractivity contribution < 1.29 is 4.57 Å². The van der Waals surface area contributed by atoms with Gasteiger partial charge in [0.2, 0.25) is 0 Å². The zero-order valence-corrected chi connectivity index (χ0v) is 6.33. The molecule has 0 radical (unpaired) electrons. The molecule has 4 nitrogen and oxygen atoms in total. The molecule has 0 aliphatic heterocycles. The largest absolute Gasteiger partial charge is 0.346 e. The molecule has 0 aromatic carbocycles. The van der Waals surface area contributed by atoms with Crippen LogP contribution in [-0.2, 0) is 0 Å². The number of hydrogen-bond acceptors (Lipinski definition) is 3. The molecule has 2 heterocycles. The van der Waals surface area contributed by atoms with E-state index in [9.17, 15) is 0 Å². The van der Waals surface area contributed by atoms with Gasteiger partial charge in [-0.05, 0) is 4.98 Å². The van der Waals surface area contributed by atoms with E-state index < -0.39 is 0 Å². The molecular formula is C8H7N4+. The highest BCUT2D eigenvalue weighted by Crippen LogP contribution is 1.86. The van der Waals surface area contributed by atoms with Crippen molar-refractivity contribution in [3.05, 3.63) is 43.4 Å². The van der Waals surface area contributed by atoms with Gasteiger partial charge < -0.3 is 0 Å². The Morgan fingerprint density at radius 3 is 2.42 bits per heavy atom. The summed E-state index contributed by atoms with van der Waals surface area (Å²) in [7, 11) is 0. The molecule has 0 unspecified atom stereocenters. The number of rotatable bonds is 1. The van der Waals surface area contributed by atoms with Gasteiger partial charge in [-0.15, -0.1) is 0 Å². The highest BCUT2D eigenvalue weighted by molar-refractivity contribution is 5.01. The molecule has 58 valence electrons. The van der Waals surface area contributed by atoms with Gasteiger partial charge in [-0.1, -0.05) is 0 Å². The average Bonchev–Trinajstić information content (AvgIpc) is 2.21. The van der Waals surface area contributed by atoms with Crippen molar-refractivity contribution in [2.75, 3.05) is 0 Å². The molecule has 0 saturated carbocycles. The van der Waals surface area contributed by atoms with Crippen LogP contribution in [0, 0.1) is 0 Å². The van der Waals surface area contributed by atoms with E-state index in [1.165, 1.54) is 0 Å². The first-order valence-corrected chi connectivity index (χ1v) is 3.54. The van der Waals surface area contributed by atoms with Gasteiger partial charge in [-0.2, -0.15) is 4.57 Å². The van der Waals surface area contributed by atoms with Gasteiger partial charge in [0.05, 0.1) is 18.6 Å². The SMILES string of the molecule is c1c[n+](-c2cnccn2)ccn1. The Morgan fingerprint density at radius 2 is 1.75 bits per heavy atom. The van der Waals surface area contributed by atoms with Crippen molar-refractivity contribution in [2.45, 2.75) is 0 Å². The summed E-state index contributed by atoms with van der Waals surface area (Å²) in [5.74, 6) is 0.792. The Morgan fingerprint density at radius 1 is 0.917 bits per heavy atom. The van der Waals surface area contributed by atoms with E-state index in [1.807, 2.05) is 17.0 Å². The predicted octanol–water partition coefficient (Wildman–Crippen LogP) is 0.148. The fraction of sp³-hybridized carbons (Fsp3) is 0. The Bertz CT molecular complexity index is 308. The standard InChI is InChI=1S/C8H7N4/c1-2-11-8(7-10-1)12-5-3-9-4-6-12/h1-7H/q+1. The number of nitrogens with zero attached hydrogens (tertiary/aromatic N) is 4. The van der Waals surface area contributed by atoms with Crippen LogP contribution >= 0.6 is 0 Å². The normalized spacial score (nSPS) is 9.67. The van der Waals surface area contributed by atoms with Gasteiger partial charge in [-0.3, -0.25) is 9.97 Å². The van der Waals surface area contributed by atoms with Crippen molar-refractivity contribution in [3.63, 3.8) is 0 Å². The van der Waals surface area contributed by atoms with Gasteiger partial charge in [0, 0.05) is 0 Å². The van der Waals surface area contributed by atoms with Gasteiger partial charge in [0.15, 0.2) is 6.20 Å². The molecule has 0 saturated heterocycles. The van der Waals surface area contributed by atoms with Crippen LogP contribution in [0.15, 0.2) is 43.4 Å². The van der Waals surface area contributed by atoms with Crippen molar-refractivity contribution in [1.82, 2.24) is 15.0 Å². The average molecular weight is 159 g/mol. The molecule has 0 spiro atoms. The molecule has 0 atom stereocenters. The number of hydrogen-bond donors (Lipinski definition) is 0. The zero-order chi connectivity index (χ0) is 8.23. The van der Waals surface area contributed by atoms with E-state index in [1.54, 1.807) is 31.0 Å². The van der Waals surface area contributed by atoms with Crippen LogP contribution in [0.2, 0.25) is 0 Å². The fourth-order valence-corrected chi connectivity index (χ4v) is 0.897. The summed E-state index contributed by atoms with van der Waals surface area (Å²) < 4.78 is 1.85. The van der Waals surface area contributed by atoms with E-state index in [0.717, 1.165) is 5.82 Å². The Labute approximate surface area is 69.6 Å². The maximum absolute atomic E-state index is 4.12. The molecule has 2 aromatic rings. The van der Waals surface area contributed by atoms with Crippen LogP contribution in [0.4, 0.5) is 0 Å². The van der Waals surface area contributed by atoms with Gasteiger partial charge in [-0.25, -0.2) is 0 Å². The molecule has 0 aliphatic rings. The summed E-state index contributed by atoms with van der Waals surface area (Å²) in [5.41, 5.74) is 0. The summed E-state index contributed by atoms with van der Waals surface area (Å²) in [6.07, 6.45) is 12.0. The fourth-order valence-electron chi connectivity index (χ4n) is 0.897. The summed E-state index contributed by atoms with van der Waals surface area (Å²) in [6, 6.07) is 0. The molecular weight excluding hydrogens is 152 g/mol. The second-order valence-corrected chi connectivity index (χ2v) is 2.22. The van der Waals surface area contributed by atoms with Crippen molar-refractivity contribution in [1.29, 1.82) is 0 Å². The van der Waals surface area contributed by atoms with Crippen LogP contribution in [0.1, 0.15) is 0 Å². The maximum atomic E-state index is 4.12. The highest BCUT2D eigenvalue weighted by atomic mass is 15.1. The minimum absolute atomic E-state index is 0.792. The lowest BCUT2D eigenvalue weighted by Crippen LogP contribution is -2.30. The summed E-state index contributed by atoms with van der Waals surface area (Å²) >= 11 is 0. The minimum atomic E-state index is 0.792. The summed E-state index contributed by atoms with van der Waals surface area (Å²) in [6.45, 7) is 0. The van der Waals surface area contributed by atoms with E-state index >= 15 is 0 Å². The second kappa shape index (κ2) is 3.04. The minimum Gasteiger partial charge on any atom is -0.257 e. The molecule has 0 aliphatic carbocycles. The van der Waals surface area contributed by atoms with E-state index in [0.29, 0.717) is 0 Å². The zero-order valence-electron chi connectivity index (χ0n) is 6.33. The molecule has 2 rings (SSSR count). The maximum Gasteiger partial charge on any atom is 0.346 e. The lowest BCUT2D eigenvalue weighted by atomic mass is 10.6. The summed E-state index contributed by atoms with van der Waals surface area (Å²) in [4.78, 5) is 12.0. The number of aromatic nitrogens is 4. The van der Waals surface area contributed by atoms with Gasteiger partial charge in [0.1, 0.15) is 18.6 Å². The van der Waals surface area contributed by atoms with Crippen molar-refractivity contribution in [3.8, 4) is 5.82 Å². The third-order valence-electron chi connectivity index (χ3n) is 1.44. The van der Waals surface area contributed by atoms with Crippen LogP contribution in [0.3, 0.4) is 0 Å². The van der Waals surface area contributed by atoms with E-state index in [-0.39, 0.29) is 0 Å². The molecule has 0 bridgehead atoms. The summed E-state index contributed by atoms with van der Waals surface area (Å²) in [5, 5.41) is 0. The smallest absolute Gasteiger partial charge is 0.257 e. The third-order valence-corrected chi connectivity index (χ3v) is 1.44. The second-order valence-electron chi connectivity index (χ2n) is 2.22. The first-order valence-electron chi connectivity index (χ1n) is 3.54. The predicted molar refractivity (Wildman–Crippen MR) is 41.4 cm³/mol. The van der Waals surface area contributed by atoms with Crippen LogP contribution in [0.5, 0.6) is 0 Å². The van der Waals surface area contributed by atoms with Crippen molar-refractivity contribution >= 4 is 0 Å². The first-order chi connectivity index (χ1) is 5.97. The molecule has 12 heavy (non-hydrogen) atoms. The molecule has 0 fully saturated rings. The van der Waals surface area contributed by atoms with E-state index in [4.69, 9.17) is 0 Å². The van der Waals surface area contributed by atoms with Gasteiger partial charge >= 0.3 is 5.82 Å². The van der Waals surface area contributed by atoms with Crippen LogP contribution in [-0.4, -0.2) is 15.0 Å². The first kappa shape index (κ1) is 6.84. The van der Waals surface area contributed by atoms with E-state index in [2.05, 4.69) is 15.0 Å². The van der Waals surface area contributed by atoms with Gasteiger partial charge in [0.25, 0.3) is 0 Å². The Balaban J connectivity index is 2.46. The van der Waals surface area contributed by atoms with Crippen molar-refractivity contribution in [2.24, 2.45) is 0 Å². The van der Waals surface area contributed by atoms with Crippen LogP contribution < -0.4 is 4.57 Å². The molecule has 0 amide bonds. The molecule has 4 heteroatoms. The molecule has 2 aromatic heterocycles.